The van der Waals surface area contributed by atoms with E-state index in [4.69, 9.17) is 9.47 Å². The summed E-state index contributed by atoms with van der Waals surface area (Å²) in [6.45, 7) is 1.80. The van der Waals surface area contributed by atoms with Crippen molar-refractivity contribution in [2.45, 2.75) is 13.3 Å². The Labute approximate surface area is 161 Å². The lowest BCUT2D eigenvalue weighted by Gasteiger charge is -2.15. The van der Waals surface area contributed by atoms with Crippen molar-refractivity contribution >= 4 is 28.9 Å². The zero-order chi connectivity index (χ0) is 20.3. The van der Waals surface area contributed by atoms with Gasteiger partial charge in [-0.05, 0) is 36.2 Å². The van der Waals surface area contributed by atoms with Gasteiger partial charge in [-0.1, -0.05) is 0 Å². The monoisotopic (exact) mass is 385 g/mol. The van der Waals surface area contributed by atoms with Crippen molar-refractivity contribution < 1.29 is 24.0 Å². The lowest BCUT2D eigenvalue weighted by molar-refractivity contribution is -0.385. The number of amides is 2. The Morgan fingerprint density at radius 1 is 1.21 bits per heavy atom. The summed E-state index contributed by atoms with van der Waals surface area (Å²) < 4.78 is 10.5. The first-order valence-corrected chi connectivity index (χ1v) is 8.55. The van der Waals surface area contributed by atoms with Crippen LogP contribution in [0.4, 0.5) is 17.1 Å². The number of non-ortho nitro benzene ring substituents is 1. The molecule has 1 heterocycles. The van der Waals surface area contributed by atoms with Crippen molar-refractivity contribution in [1.82, 2.24) is 0 Å². The molecule has 28 heavy (non-hydrogen) atoms. The second kappa shape index (κ2) is 7.95. The normalized spacial score (nSPS) is 12.3. The predicted molar refractivity (Wildman–Crippen MR) is 102 cm³/mol. The maximum absolute atomic E-state index is 12.2. The summed E-state index contributed by atoms with van der Waals surface area (Å²) in [6.07, 6.45) is 0.722. The van der Waals surface area contributed by atoms with Crippen molar-refractivity contribution in [3.05, 3.63) is 52.1 Å². The van der Waals surface area contributed by atoms with Crippen LogP contribution in [-0.4, -0.2) is 37.0 Å². The number of carbonyl (C=O) groups excluding carboxylic acids is 2. The predicted octanol–water partition coefficient (Wildman–Crippen LogP) is 2.53. The molecule has 0 unspecified atom stereocenters. The Morgan fingerprint density at radius 3 is 2.68 bits per heavy atom. The van der Waals surface area contributed by atoms with E-state index in [0.29, 0.717) is 18.0 Å². The van der Waals surface area contributed by atoms with Crippen molar-refractivity contribution in [3.8, 4) is 11.5 Å². The number of benzene rings is 2. The number of ether oxygens (including phenoxy) is 2. The van der Waals surface area contributed by atoms with Crippen LogP contribution in [0.3, 0.4) is 0 Å². The number of carbonyl (C=O) groups is 2. The minimum atomic E-state index is -0.554. The van der Waals surface area contributed by atoms with Gasteiger partial charge in [0, 0.05) is 30.9 Å². The molecular formula is C19H19N3O6. The minimum Gasteiger partial charge on any atom is -0.493 e. The Balaban J connectivity index is 1.65. The third-order valence-electron chi connectivity index (χ3n) is 4.36. The largest absolute Gasteiger partial charge is 0.493 e. The molecule has 2 amide bonds. The topological polar surface area (TPSA) is 111 Å². The van der Waals surface area contributed by atoms with E-state index < -0.39 is 10.8 Å². The third kappa shape index (κ3) is 4.03. The first-order chi connectivity index (χ1) is 13.4. The van der Waals surface area contributed by atoms with Crippen LogP contribution in [0.25, 0.3) is 0 Å². The molecular weight excluding hydrogens is 366 g/mol. The van der Waals surface area contributed by atoms with Crippen molar-refractivity contribution in [1.29, 1.82) is 0 Å². The summed E-state index contributed by atoms with van der Waals surface area (Å²) in [7, 11) is 1.41. The van der Waals surface area contributed by atoms with Gasteiger partial charge < -0.3 is 19.7 Å². The molecule has 0 spiro atoms. The van der Waals surface area contributed by atoms with Gasteiger partial charge in [-0.2, -0.15) is 0 Å². The fourth-order valence-corrected chi connectivity index (χ4v) is 3.04. The fraction of sp³-hybridized carbons (Fsp3) is 0.263. The SMILES string of the molecule is COc1ccc([N+](=O)[O-])cc1OCC(=O)Nc1ccc2c(c1)CCN2C(C)=O. The Hall–Kier alpha value is -3.62. The molecule has 0 saturated carbocycles. The maximum Gasteiger partial charge on any atom is 0.273 e. The number of nitro benzene ring substituents is 1. The summed E-state index contributed by atoms with van der Waals surface area (Å²) >= 11 is 0. The maximum atomic E-state index is 12.2. The minimum absolute atomic E-state index is 0.0187. The lowest BCUT2D eigenvalue weighted by atomic mass is 10.1. The van der Waals surface area contributed by atoms with Crippen LogP contribution >= 0.6 is 0 Å². The molecule has 0 aromatic heterocycles. The van der Waals surface area contributed by atoms with Crippen molar-refractivity contribution in [2.75, 3.05) is 30.5 Å². The lowest BCUT2D eigenvalue weighted by Crippen LogP contribution is -2.25. The highest BCUT2D eigenvalue weighted by Crippen LogP contribution is 2.32. The molecule has 0 bridgehead atoms. The summed E-state index contributed by atoms with van der Waals surface area (Å²) in [5.41, 5.74) is 2.26. The quantitative estimate of drug-likeness (QED) is 0.604. The highest BCUT2D eigenvalue weighted by molar-refractivity contribution is 5.96. The van der Waals surface area contributed by atoms with E-state index in [1.54, 1.807) is 17.0 Å². The molecule has 2 aromatic rings. The first-order valence-electron chi connectivity index (χ1n) is 8.55. The van der Waals surface area contributed by atoms with Crippen LogP contribution in [0.5, 0.6) is 11.5 Å². The summed E-state index contributed by atoms with van der Waals surface area (Å²) in [6, 6.07) is 9.24. The number of rotatable bonds is 6. The average molecular weight is 385 g/mol. The molecule has 0 fully saturated rings. The van der Waals surface area contributed by atoms with Crippen LogP contribution in [-0.2, 0) is 16.0 Å². The number of hydrogen-bond donors (Lipinski definition) is 1. The molecule has 0 saturated heterocycles. The van der Waals surface area contributed by atoms with E-state index in [1.165, 1.54) is 32.2 Å². The molecule has 3 rings (SSSR count). The van der Waals surface area contributed by atoms with Gasteiger partial charge in [0.15, 0.2) is 18.1 Å². The van der Waals surface area contributed by atoms with Gasteiger partial charge >= 0.3 is 0 Å². The van der Waals surface area contributed by atoms with Crippen molar-refractivity contribution in [3.63, 3.8) is 0 Å². The smallest absolute Gasteiger partial charge is 0.273 e. The Kier molecular flexibility index (Phi) is 5.44. The van der Waals surface area contributed by atoms with E-state index in [2.05, 4.69) is 5.32 Å². The molecule has 2 aromatic carbocycles. The van der Waals surface area contributed by atoms with Gasteiger partial charge in [0.1, 0.15) is 0 Å². The molecule has 1 aliphatic rings. The number of nitrogens with zero attached hydrogens (tertiary/aromatic N) is 2. The van der Waals surface area contributed by atoms with Gasteiger partial charge in [-0.3, -0.25) is 19.7 Å². The number of fused-ring (bicyclic) bond motifs is 1. The summed E-state index contributed by atoms with van der Waals surface area (Å²) in [5.74, 6) is -0.0390. The molecule has 1 aliphatic heterocycles. The number of nitro groups is 1. The van der Waals surface area contributed by atoms with Crippen LogP contribution in [0, 0.1) is 10.1 Å². The van der Waals surface area contributed by atoms with Gasteiger partial charge in [0.2, 0.25) is 5.91 Å². The fourth-order valence-electron chi connectivity index (χ4n) is 3.04. The van der Waals surface area contributed by atoms with E-state index in [9.17, 15) is 19.7 Å². The molecule has 0 aliphatic carbocycles. The number of hydrogen-bond acceptors (Lipinski definition) is 6. The van der Waals surface area contributed by atoms with Crippen molar-refractivity contribution in [2.24, 2.45) is 0 Å². The van der Waals surface area contributed by atoms with E-state index in [0.717, 1.165) is 17.7 Å². The number of methoxy groups -OCH3 is 1. The first kappa shape index (κ1) is 19.2. The third-order valence-corrected chi connectivity index (χ3v) is 4.36. The molecule has 146 valence electrons. The molecule has 9 heteroatoms. The van der Waals surface area contributed by atoms with Gasteiger partial charge in [-0.25, -0.2) is 0 Å². The van der Waals surface area contributed by atoms with Crippen LogP contribution in [0.15, 0.2) is 36.4 Å². The second-order valence-corrected chi connectivity index (χ2v) is 6.19. The zero-order valence-corrected chi connectivity index (χ0v) is 15.4. The Morgan fingerprint density at radius 2 is 2.00 bits per heavy atom. The van der Waals surface area contributed by atoms with Gasteiger partial charge in [0.05, 0.1) is 18.1 Å². The zero-order valence-electron chi connectivity index (χ0n) is 15.4. The van der Waals surface area contributed by atoms with Crippen LogP contribution < -0.4 is 19.7 Å². The van der Waals surface area contributed by atoms with E-state index in [1.807, 2.05) is 6.07 Å². The highest BCUT2D eigenvalue weighted by atomic mass is 16.6. The summed E-state index contributed by atoms with van der Waals surface area (Å²) in [5, 5.41) is 13.6. The summed E-state index contributed by atoms with van der Waals surface area (Å²) in [4.78, 5) is 35.8. The highest BCUT2D eigenvalue weighted by Gasteiger charge is 2.22. The number of nitrogens with one attached hydrogen (secondary N) is 1. The average Bonchev–Trinajstić information content (AvgIpc) is 3.09. The standard InChI is InChI=1S/C19H19N3O6/c1-12(23)21-8-7-13-9-14(3-5-16(13)21)20-19(24)11-28-18-10-15(22(25)26)4-6-17(18)27-2/h3-6,9-10H,7-8,11H2,1-2H3,(H,20,24). The molecule has 1 N–H and O–H groups in total. The number of anilines is 2. The van der Waals surface area contributed by atoms with E-state index in [-0.39, 0.29) is 24.0 Å². The van der Waals surface area contributed by atoms with Crippen LogP contribution in [0.1, 0.15) is 12.5 Å². The van der Waals surface area contributed by atoms with Gasteiger partial charge in [0.25, 0.3) is 11.6 Å². The van der Waals surface area contributed by atoms with Crippen LogP contribution in [0.2, 0.25) is 0 Å². The molecule has 0 atom stereocenters. The molecule has 9 nitrogen and oxygen atoms in total. The van der Waals surface area contributed by atoms with Gasteiger partial charge in [-0.15, -0.1) is 0 Å². The Bertz CT molecular complexity index is 943. The van der Waals surface area contributed by atoms with E-state index >= 15 is 0 Å². The second-order valence-electron chi connectivity index (χ2n) is 6.19. The molecule has 0 radical (unpaired) electrons.